The summed E-state index contributed by atoms with van der Waals surface area (Å²) in [6, 6.07) is 12.8. The van der Waals surface area contributed by atoms with E-state index in [9.17, 15) is 4.79 Å². The molecule has 92 valence electrons. The summed E-state index contributed by atoms with van der Waals surface area (Å²) in [6.07, 6.45) is 0. The van der Waals surface area contributed by atoms with E-state index in [1.54, 1.807) is 6.07 Å². The van der Waals surface area contributed by atoms with Crippen LogP contribution in [0, 0.1) is 6.92 Å². The van der Waals surface area contributed by atoms with Gasteiger partial charge in [-0.15, -0.1) is 0 Å². The maximum absolute atomic E-state index is 12.1. The van der Waals surface area contributed by atoms with Crippen LogP contribution in [0.4, 0.5) is 5.69 Å². The molecule has 0 unspecified atom stereocenters. The van der Waals surface area contributed by atoms with E-state index in [1.807, 2.05) is 43.3 Å². The molecule has 0 aliphatic carbocycles. The number of carbonyl (C=O) groups is 1. The van der Waals surface area contributed by atoms with Crippen LogP contribution >= 0.6 is 27.5 Å². The lowest BCUT2D eigenvalue weighted by molar-refractivity contribution is 0.102. The summed E-state index contributed by atoms with van der Waals surface area (Å²) in [5.41, 5.74) is 2.11. The number of halogens is 2. The van der Waals surface area contributed by atoms with Crippen molar-refractivity contribution in [2.45, 2.75) is 6.92 Å². The van der Waals surface area contributed by atoms with E-state index < -0.39 is 0 Å². The standard InChI is InChI=1S/C14H11BrClNO/c1-9-3-2-4-12(13(9)16)14(18)17-11-7-5-10(15)6-8-11/h2-8H,1H3,(H,17,18). The third-order valence-corrected chi connectivity index (χ3v) is 3.57. The van der Waals surface area contributed by atoms with Gasteiger partial charge in [0.1, 0.15) is 0 Å². The molecule has 0 saturated carbocycles. The number of rotatable bonds is 2. The molecule has 2 nitrogen and oxygen atoms in total. The Morgan fingerprint density at radius 3 is 2.50 bits per heavy atom. The van der Waals surface area contributed by atoms with Gasteiger partial charge in [0.2, 0.25) is 0 Å². The maximum atomic E-state index is 12.1. The number of hydrogen-bond acceptors (Lipinski definition) is 1. The van der Waals surface area contributed by atoms with E-state index >= 15 is 0 Å². The number of amides is 1. The molecular formula is C14H11BrClNO. The van der Waals surface area contributed by atoms with Gasteiger partial charge >= 0.3 is 0 Å². The minimum absolute atomic E-state index is 0.203. The van der Waals surface area contributed by atoms with Crippen LogP contribution in [0.3, 0.4) is 0 Å². The molecule has 1 amide bonds. The molecule has 18 heavy (non-hydrogen) atoms. The summed E-state index contributed by atoms with van der Waals surface area (Å²) in [5.74, 6) is -0.203. The Kier molecular flexibility index (Phi) is 4.04. The molecule has 0 atom stereocenters. The first kappa shape index (κ1) is 13.1. The lowest BCUT2D eigenvalue weighted by Crippen LogP contribution is -2.12. The fourth-order valence-electron chi connectivity index (χ4n) is 1.55. The molecule has 0 aliphatic heterocycles. The lowest BCUT2D eigenvalue weighted by atomic mass is 10.1. The van der Waals surface area contributed by atoms with Crippen LogP contribution in [0.2, 0.25) is 5.02 Å². The molecule has 0 spiro atoms. The van der Waals surface area contributed by atoms with E-state index in [0.717, 1.165) is 15.7 Å². The van der Waals surface area contributed by atoms with Gasteiger partial charge in [0, 0.05) is 10.2 Å². The summed E-state index contributed by atoms with van der Waals surface area (Å²) in [5, 5.41) is 3.30. The molecule has 0 fully saturated rings. The normalized spacial score (nSPS) is 10.2. The molecule has 0 radical (unpaired) electrons. The molecule has 0 aliphatic rings. The van der Waals surface area contributed by atoms with Gasteiger partial charge in [-0.3, -0.25) is 4.79 Å². The Hall–Kier alpha value is -1.32. The zero-order valence-corrected chi connectivity index (χ0v) is 12.0. The zero-order chi connectivity index (χ0) is 13.1. The fraction of sp³-hybridized carbons (Fsp3) is 0.0714. The predicted octanol–water partition coefficient (Wildman–Crippen LogP) is 4.66. The smallest absolute Gasteiger partial charge is 0.257 e. The Bertz CT molecular complexity index is 581. The SMILES string of the molecule is Cc1cccc(C(=O)Nc2ccc(Br)cc2)c1Cl. The van der Waals surface area contributed by atoms with Crippen LogP contribution in [-0.4, -0.2) is 5.91 Å². The van der Waals surface area contributed by atoms with Gasteiger partial charge in [0.25, 0.3) is 5.91 Å². The highest BCUT2D eigenvalue weighted by Crippen LogP contribution is 2.22. The molecular weight excluding hydrogens is 314 g/mol. The second-order valence-electron chi connectivity index (χ2n) is 3.90. The van der Waals surface area contributed by atoms with E-state index in [0.29, 0.717) is 10.6 Å². The van der Waals surface area contributed by atoms with Crippen molar-refractivity contribution in [2.24, 2.45) is 0 Å². The van der Waals surface area contributed by atoms with E-state index in [4.69, 9.17) is 11.6 Å². The summed E-state index contributed by atoms with van der Waals surface area (Å²) in [6.45, 7) is 1.87. The zero-order valence-electron chi connectivity index (χ0n) is 9.71. The van der Waals surface area contributed by atoms with Crippen molar-refractivity contribution in [3.63, 3.8) is 0 Å². The van der Waals surface area contributed by atoms with Crippen LogP contribution in [0.1, 0.15) is 15.9 Å². The van der Waals surface area contributed by atoms with Crippen LogP contribution in [-0.2, 0) is 0 Å². The summed E-state index contributed by atoms with van der Waals surface area (Å²) in [4.78, 5) is 12.1. The number of hydrogen-bond donors (Lipinski definition) is 1. The van der Waals surface area contributed by atoms with Crippen LogP contribution in [0.15, 0.2) is 46.9 Å². The van der Waals surface area contributed by atoms with Crippen molar-refractivity contribution in [1.29, 1.82) is 0 Å². The summed E-state index contributed by atoms with van der Waals surface area (Å²) < 4.78 is 0.967. The number of carbonyl (C=O) groups excluding carboxylic acids is 1. The van der Waals surface area contributed by atoms with Crippen molar-refractivity contribution in [3.05, 3.63) is 63.1 Å². The average molecular weight is 325 g/mol. The third kappa shape index (κ3) is 2.92. The Labute approximate surface area is 119 Å². The minimum Gasteiger partial charge on any atom is -0.322 e. The first-order valence-corrected chi connectivity index (χ1v) is 6.57. The average Bonchev–Trinajstić information content (AvgIpc) is 2.35. The van der Waals surface area contributed by atoms with E-state index in [2.05, 4.69) is 21.2 Å². The number of aryl methyl sites for hydroxylation is 1. The Morgan fingerprint density at radius 1 is 1.17 bits per heavy atom. The molecule has 0 aromatic heterocycles. The molecule has 0 saturated heterocycles. The van der Waals surface area contributed by atoms with Crippen LogP contribution in [0.25, 0.3) is 0 Å². The second kappa shape index (κ2) is 5.55. The molecule has 0 heterocycles. The van der Waals surface area contributed by atoms with Gasteiger partial charge in [-0.2, -0.15) is 0 Å². The Balaban J connectivity index is 2.22. The van der Waals surface area contributed by atoms with Gasteiger partial charge in [0.15, 0.2) is 0 Å². The first-order chi connectivity index (χ1) is 8.58. The number of benzene rings is 2. The van der Waals surface area contributed by atoms with Crippen molar-refractivity contribution in [1.82, 2.24) is 0 Å². The van der Waals surface area contributed by atoms with Crippen molar-refractivity contribution >= 4 is 39.1 Å². The van der Waals surface area contributed by atoms with Crippen molar-refractivity contribution < 1.29 is 4.79 Å². The largest absolute Gasteiger partial charge is 0.322 e. The molecule has 4 heteroatoms. The molecule has 2 aromatic rings. The van der Waals surface area contributed by atoms with Gasteiger partial charge in [0.05, 0.1) is 10.6 Å². The first-order valence-electron chi connectivity index (χ1n) is 5.40. The quantitative estimate of drug-likeness (QED) is 0.855. The van der Waals surface area contributed by atoms with Gasteiger partial charge in [-0.1, -0.05) is 39.7 Å². The van der Waals surface area contributed by atoms with Gasteiger partial charge in [-0.25, -0.2) is 0 Å². The molecule has 2 rings (SSSR count). The molecule has 2 aromatic carbocycles. The van der Waals surface area contributed by atoms with E-state index in [-0.39, 0.29) is 5.91 Å². The fourth-order valence-corrected chi connectivity index (χ4v) is 2.03. The number of anilines is 1. The summed E-state index contributed by atoms with van der Waals surface area (Å²) in [7, 11) is 0. The highest BCUT2D eigenvalue weighted by atomic mass is 79.9. The third-order valence-electron chi connectivity index (χ3n) is 2.54. The van der Waals surface area contributed by atoms with Gasteiger partial charge < -0.3 is 5.32 Å². The van der Waals surface area contributed by atoms with Gasteiger partial charge in [-0.05, 0) is 42.8 Å². The van der Waals surface area contributed by atoms with Crippen molar-refractivity contribution in [2.75, 3.05) is 5.32 Å². The monoisotopic (exact) mass is 323 g/mol. The summed E-state index contributed by atoms with van der Waals surface area (Å²) >= 11 is 9.46. The lowest BCUT2D eigenvalue weighted by Gasteiger charge is -2.08. The van der Waals surface area contributed by atoms with Crippen LogP contribution in [0.5, 0.6) is 0 Å². The number of nitrogens with one attached hydrogen (secondary N) is 1. The minimum atomic E-state index is -0.203. The maximum Gasteiger partial charge on any atom is 0.257 e. The molecule has 0 bridgehead atoms. The highest BCUT2D eigenvalue weighted by Gasteiger charge is 2.11. The predicted molar refractivity (Wildman–Crippen MR) is 78.3 cm³/mol. The second-order valence-corrected chi connectivity index (χ2v) is 5.19. The molecule has 1 N–H and O–H groups in total. The Morgan fingerprint density at radius 2 is 1.83 bits per heavy atom. The highest BCUT2D eigenvalue weighted by molar-refractivity contribution is 9.10. The van der Waals surface area contributed by atoms with Crippen molar-refractivity contribution in [3.8, 4) is 0 Å². The van der Waals surface area contributed by atoms with Crippen LogP contribution < -0.4 is 5.32 Å². The van der Waals surface area contributed by atoms with E-state index in [1.165, 1.54) is 0 Å². The topological polar surface area (TPSA) is 29.1 Å².